The zero-order chi connectivity index (χ0) is 20.6. The van der Waals surface area contributed by atoms with Crippen molar-refractivity contribution in [3.63, 3.8) is 0 Å². The predicted molar refractivity (Wildman–Crippen MR) is 111 cm³/mol. The number of aromatic nitrogens is 2. The highest BCUT2D eigenvalue weighted by Crippen LogP contribution is 2.42. The van der Waals surface area contributed by atoms with Crippen LogP contribution in [0.15, 0.2) is 65.7 Å². The summed E-state index contributed by atoms with van der Waals surface area (Å²) in [4.78, 5) is 14.3. The van der Waals surface area contributed by atoms with Gasteiger partial charge in [0, 0.05) is 20.0 Å². The third kappa shape index (κ3) is 3.88. The van der Waals surface area contributed by atoms with Gasteiger partial charge in [0.1, 0.15) is 0 Å². The van der Waals surface area contributed by atoms with Gasteiger partial charge in [-0.1, -0.05) is 24.3 Å². The largest absolute Gasteiger partial charge is 0.345 e. The molecule has 1 fully saturated rings. The Hall–Kier alpha value is -3.13. The van der Waals surface area contributed by atoms with Crippen molar-refractivity contribution < 1.29 is 13.2 Å². The summed E-state index contributed by atoms with van der Waals surface area (Å²) >= 11 is 0. The average Bonchev–Trinajstić information content (AvgIpc) is 3.45. The molecule has 0 spiro atoms. The molecular weight excluding hydrogens is 388 g/mol. The van der Waals surface area contributed by atoms with E-state index in [4.69, 9.17) is 0 Å². The summed E-state index contributed by atoms with van der Waals surface area (Å²) in [7, 11) is -0.251. The topological polar surface area (TPSA) is 84.3 Å². The summed E-state index contributed by atoms with van der Waals surface area (Å²) < 4.78 is 29.6. The van der Waals surface area contributed by atoms with Crippen LogP contribution in [-0.4, -0.2) is 43.1 Å². The molecule has 4 rings (SSSR count). The highest BCUT2D eigenvalue weighted by atomic mass is 32.2. The molecule has 0 bridgehead atoms. The van der Waals surface area contributed by atoms with E-state index in [9.17, 15) is 13.2 Å². The Bertz CT molecular complexity index is 1150. The van der Waals surface area contributed by atoms with Crippen molar-refractivity contribution >= 4 is 21.6 Å². The minimum absolute atomic E-state index is 0.0842. The summed E-state index contributed by atoms with van der Waals surface area (Å²) in [5.74, 6) is 0.208. The molecule has 150 valence electrons. The van der Waals surface area contributed by atoms with Crippen molar-refractivity contribution in [2.75, 3.05) is 18.8 Å². The molecule has 3 aromatic rings. The quantitative estimate of drug-likeness (QED) is 0.676. The van der Waals surface area contributed by atoms with Gasteiger partial charge in [0.25, 0.3) is 15.9 Å². The second-order valence-electron chi connectivity index (χ2n) is 7.30. The number of sulfonamides is 1. The summed E-state index contributed by atoms with van der Waals surface area (Å²) in [6.07, 6.45) is 3.62. The molecule has 0 aliphatic heterocycles. The number of benzene rings is 2. The van der Waals surface area contributed by atoms with Crippen LogP contribution in [0.4, 0.5) is 5.69 Å². The van der Waals surface area contributed by atoms with Crippen molar-refractivity contribution in [2.24, 2.45) is 0 Å². The second kappa shape index (κ2) is 7.36. The second-order valence-corrected chi connectivity index (χ2v) is 8.98. The maximum Gasteiger partial charge on any atom is 0.261 e. The van der Waals surface area contributed by atoms with Gasteiger partial charge >= 0.3 is 0 Å². The van der Waals surface area contributed by atoms with Crippen LogP contribution in [0.25, 0.3) is 5.69 Å². The zero-order valence-corrected chi connectivity index (χ0v) is 17.1. The van der Waals surface area contributed by atoms with Crippen molar-refractivity contribution in [1.29, 1.82) is 0 Å². The molecule has 7 nitrogen and oxygen atoms in total. The van der Waals surface area contributed by atoms with Gasteiger partial charge in [-0.3, -0.25) is 9.52 Å². The molecule has 1 heterocycles. The molecule has 1 N–H and O–H groups in total. The Kier molecular flexibility index (Phi) is 4.87. The minimum atomic E-state index is -3.69. The molecule has 1 amide bonds. The molecular formula is C21H22N4O3S. The van der Waals surface area contributed by atoms with E-state index in [0.29, 0.717) is 22.9 Å². The number of amides is 1. The lowest BCUT2D eigenvalue weighted by atomic mass is 10.1. The van der Waals surface area contributed by atoms with Crippen LogP contribution in [0.5, 0.6) is 0 Å². The first-order chi connectivity index (χ1) is 13.9. The normalized spacial score (nSPS) is 13.9. The minimum Gasteiger partial charge on any atom is -0.345 e. The van der Waals surface area contributed by atoms with Crippen molar-refractivity contribution in [3.05, 3.63) is 72.1 Å². The summed E-state index contributed by atoms with van der Waals surface area (Å²) in [5, 5.41) is 4.44. The van der Waals surface area contributed by atoms with E-state index in [0.717, 1.165) is 18.5 Å². The van der Waals surface area contributed by atoms with Gasteiger partial charge in [0.15, 0.2) is 0 Å². The number of hydrogen-bond acceptors (Lipinski definition) is 4. The SMILES string of the molecule is CN(C)C(=O)c1cnn(-c2cccc(NS(=O)(=O)c3ccccc3)c2)c1C1CC1. The average molecular weight is 410 g/mol. The number of carbonyl (C=O) groups is 1. The van der Waals surface area contributed by atoms with Crippen LogP contribution in [0.1, 0.15) is 34.8 Å². The fraction of sp³-hybridized carbons (Fsp3) is 0.238. The molecule has 1 aromatic heterocycles. The predicted octanol–water partition coefficient (Wildman–Crippen LogP) is 3.25. The molecule has 0 radical (unpaired) electrons. The number of rotatable bonds is 6. The van der Waals surface area contributed by atoms with Crippen molar-refractivity contribution in [2.45, 2.75) is 23.7 Å². The van der Waals surface area contributed by atoms with E-state index in [1.165, 1.54) is 4.90 Å². The number of nitrogens with zero attached hydrogens (tertiary/aromatic N) is 3. The lowest BCUT2D eigenvalue weighted by Crippen LogP contribution is -2.22. The van der Waals surface area contributed by atoms with Crippen molar-refractivity contribution in [3.8, 4) is 5.69 Å². The van der Waals surface area contributed by atoms with E-state index in [2.05, 4.69) is 9.82 Å². The van der Waals surface area contributed by atoms with Crippen LogP contribution < -0.4 is 4.72 Å². The Morgan fingerprint density at radius 3 is 2.48 bits per heavy atom. The van der Waals surface area contributed by atoms with Gasteiger partial charge in [-0.05, 0) is 43.2 Å². The molecule has 1 aliphatic carbocycles. The van der Waals surface area contributed by atoms with E-state index < -0.39 is 10.0 Å². The van der Waals surface area contributed by atoms with Gasteiger partial charge in [0.2, 0.25) is 0 Å². The first-order valence-electron chi connectivity index (χ1n) is 9.35. The highest BCUT2D eigenvalue weighted by Gasteiger charge is 2.33. The van der Waals surface area contributed by atoms with Gasteiger partial charge in [-0.25, -0.2) is 13.1 Å². The molecule has 2 aromatic carbocycles. The zero-order valence-electron chi connectivity index (χ0n) is 16.2. The van der Waals surface area contributed by atoms with Gasteiger partial charge < -0.3 is 4.90 Å². The fourth-order valence-electron chi connectivity index (χ4n) is 3.23. The maximum atomic E-state index is 12.6. The molecule has 1 aliphatic rings. The molecule has 0 atom stereocenters. The van der Waals surface area contributed by atoms with Crippen molar-refractivity contribution in [1.82, 2.24) is 14.7 Å². The van der Waals surface area contributed by atoms with Gasteiger partial charge in [-0.2, -0.15) is 5.10 Å². The molecule has 8 heteroatoms. The monoisotopic (exact) mass is 410 g/mol. The molecule has 0 unspecified atom stereocenters. The van der Waals surface area contributed by atoms with Crippen LogP contribution in [0, 0.1) is 0 Å². The summed E-state index contributed by atoms with van der Waals surface area (Å²) in [6, 6.07) is 15.3. The third-order valence-corrected chi connectivity index (χ3v) is 6.20. The van der Waals surface area contributed by atoms with Gasteiger partial charge in [-0.15, -0.1) is 0 Å². The van der Waals surface area contributed by atoms with E-state index in [1.807, 2.05) is 6.07 Å². The summed E-state index contributed by atoms with van der Waals surface area (Å²) in [6.45, 7) is 0. The van der Waals surface area contributed by atoms with Crippen LogP contribution in [0.3, 0.4) is 0 Å². The highest BCUT2D eigenvalue weighted by molar-refractivity contribution is 7.92. The number of anilines is 1. The Morgan fingerprint density at radius 2 is 1.83 bits per heavy atom. The summed E-state index contributed by atoms with van der Waals surface area (Å²) in [5.41, 5.74) is 2.61. The van der Waals surface area contributed by atoms with Crippen LogP contribution in [-0.2, 0) is 10.0 Å². The molecule has 1 saturated carbocycles. The van der Waals surface area contributed by atoms with E-state index in [1.54, 1.807) is 73.5 Å². The first kappa shape index (κ1) is 19.2. The standard InChI is InChI=1S/C21H22N4O3S/c1-24(2)21(26)19-14-22-25(20(19)15-11-12-15)17-8-6-7-16(13-17)23-29(27,28)18-9-4-3-5-10-18/h3-10,13-15,23H,11-12H2,1-2H3. The lowest BCUT2D eigenvalue weighted by molar-refractivity contribution is 0.0826. The number of nitrogens with one attached hydrogen (secondary N) is 1. The fourth-order valence-corrected chi connectivity index (χ4v) is 4.30. The third-order valence-electron chi connectivity index (χ3n) is 4.80. The lowest BCUT2D eigenvalue weighted by Gasteiger charge is -2.13. The van der Waals surface area contributed by atoms with E-state index >= 15 is 0 Å². The Morgan fingerprint density at radius 1 is 1.10 bits per heavy atom. The number of hydrogen-bond donors (Lipinski definition) is 1. The first-order valence-corrected chi connectivity index (χ1v) is 10.8. The maximum absolute atomic E-state index is 12.6. The van der Waals surface area contributed by atoms with Crippen LogP contribution in [0.2, 0.25) is 0 Å². The van der Waals surface area contributed by atoms with E-state index in [-0.39, 0.29) is 10.8 Å². The smallest absolute Gasteiger partial charge is 0.261 e. The molecule has 29 heavy (non-hydrogen) atoms. The molecule has 0 saturated heterocycles. The van der Waals surface area contributed by atoms with Gasteiger partial charge in [0.05, 0.1) is 33.7 Å². The van der Waals surface area contributed by atoms with Crippen LogP contribution >= 0.6 is 0 Å². The number of carbonyl (C=O) groups excluding carboxylic acids is 1. The Balaban J connectivity index is 1.69. The Labute approximate surface area is 170 Å².